The second-order valence-electron chi connectivity index (χ2n) is 6.22. The Bertz CT molecular complexity index is 901. The molecule has 0 N–H and O–H groups in total. The number of aryl methyl sites for hydroxylation is 1. The van der Waals surface area contributed by atoms with Crippen LogP contribution in [-0.4, -0.2) is 6.21 Å². The van der Waals surface area contributed by atoms with Gasteiger partial charge in [0.25, 0.3) is 0 Å². The summed E-state index contributed by atoms with van der Waals surface area (Å²) in [6.45, 7) is 6.04. The summed E-state index contributed by atoms with van der Waals surface area (Å²) in [5.41, 5.74) is 6.78. The van der Waals surface area contributed by atoms with Crippen LogP contribution in [0.25, 0.3) is 11.3 Å². The van der Waals surface area contributed by atoms with Crippen molar-refractivity contribution in [1.29, 1.82) is 0 Å². The molecule has 3 rings (SSSR count). The van der Waals surface area contributed by atoms with E-state index in [9.17, 15) is 0 Å². The van der Waals surface area contributed by atoms with Crippen LogP contribution in [0, 0.1) is 6.92 Å². The van der Waals surface area contributed by atoms with Crippen molar-refractivity contribution in [2.75, 3.05) is 0 Å². The van der Waals surface area contributed by atoms with Gasteiger partial charge in [0.1, 0.15) is 0 Å². The maximum Gasteiger partial charge on any atom is 0.0743 e. The first-order valence-electron chi connectivity index (χ1n) is 8.83. The van der Waals surface area contributed by atoms with Gasteiger partial charge in [0.2, 0.25) is 0 Å². The minimum Gasteiger partial charge on any atom is -0.255 e. The van der Waals surface area contributed by atoms with E-state index in [1.807, 2.05) is 36.6 Å². The van der Waals surface area contributed by atoms with E-state index in [1.54, 1.807) is 0 Å². The largest absolute Gasteiger partial charge is 0.255 e. The first kappa shape index (κ1) is 17.6. The van der Waals surface area contributed by atoms with Crippen LogP contribution in [0.5, 0.6) is 0 Å². The molecule has 0 spiro atoms. The van der Waals surface area contributed by atoms with Crippen LogP contribution in [0.1, 0.15) is 28.7 Å². The molecule has 0 amide bonds. The maximum atomic E-state index is 4.90. The standard InChI is InChI=1S/C25H23N/c1-3-10-24(22-11-6-4-7-12-22)25(23-13-8-5-9-14-23)26-19-21-17-15-20(2)16-18-21/h3-9,11-19H,1,10H2,2H3/b25-24+,26-19?. The molecule has 0 heterocycles. The third-order valence-electron chi connectivity index (χ3n) is 4.22. The lowest BCUT2D eigenvalue weighted by atomic mass is 9.97. The molecule has 0 atom stereocenters. The van der Waals surface area contributed by atoms with Crippen molar-refractivity contribution >= 4 is 17.5 Å². The number of hydrogen-bond donors (Lipinski definition) is 0. The Kier molecular flexibility index (Phi) is 5.95. The molecular weight excluding hydrogens is 314 g/mol. The predicted molar refractivity (Wildman–Crippen MR) is 113 cm³/mol. The van der Waals surface area contributed by atoms with E-state index in [1.165, 1.54) is 16.7 Å². The van der Waals surface area contributed by atoms with Crippen LogP contribution in [0.15, 0.2) is 103 Å². The fourth-order valence-electron chi connectivity index (χ4n) is 2.85. The zero-order valence-corrected chi connectivity index (χ0v) is 15.1. The van der Waals surface area contributed by atoms with E-state index in [0.29, 0.717) is 0 Å². The molecule has 26 heavy (non-hydrogen) atoms. The molecule has 0 saturated heterocycles. The van der Waals surface area contributed by atoms with E-state index in [-0.39, 0.29) is 0 Å². The van der Waals surface area contributed by atoms with E-state index < -0.39 is 0 Å². The average Bonchev–Trinajstić information content (AvgIpc) is 2.70. The molecule has 0 bridgehead atoms. The van der Waals surface area contributed by atoms with Crippen molar-refractivity contribution in [3.05, 3.63) is 120 Å². The third-order valence-corrected chi connectivity index (χ3v) is 4.22. The highest BCUT2D eigenvalue weighted by Gasteiger charge is 2.09. The van der Waals surface area contributed by atoms with Crippen molar-refractivity contribution in [2.45, 2.75) is 13.3 Å². The van der Waals surface area contributed by atoms with Crippen molar-refractivity contribution < 1.29 is 0 Å². The summed E-state index contributed by atoms with van der Waals surface area (Å²) in [6.07, 6.45) is 4.64. The van der Waals surface area contributed by atoms with Crippen molar-refractivity contribution in [3.63, 3.8) is 0 Å². The summed E-state index contributed by atoms with van der Waals surface area (Å²) < 4.78 is 0. The molecule has 0 fully saturated rings. The molecule has 1 nitrogen and oxygen atoms in total. The molecule has 0 saturated carbocycles. The number of allylic oxidation sites excluding steroid dienone is 2. The highest BCUT2D eigenvalue weighted by Crippen LogP contribution is 2.30. The van der Waals surface area contributed by atoms with Gasteiger partial charge in [-0.3, -0.25) is 4.99 Å². The highest BCUT2D eigenvalue weighted by atomic mass is 14.7. The number of aliphatic imine (C=N–C) groups is 1. The Morgan fingerprint density at radius 3 is 1.96 bits per heavy atom. The molecule has 3 aromatic rings. The fourth-order valence-corrected chi connectivity index (χ4v) is 2.85. The summed E-state index contributed by atoms with van der Waals surface area (Å²) in [5.74, 6) is 0. The SMILES string of the molecule is C=CC/C(=C(\N=Cc1ccc(C)cc1)c1ccccc1)c1ccccc1. The van der Waals surface area contributed by atoms with E-state index >= 15 is 0 Å². The lowest BCUT2D eigenvalue weighted by Gasteiger charge is -2.12. The minimum absolute atomic E-state index is 0.763. The lowest BCUT2D eigenvalue weighted by molar-refractivity contribution is 1.37. The van der Waals surface area contributed by atoms with Gasteiger partial charge in [-0.2, -0.15) is 0 Å². The van der Waals surface area contributed by atoms with Gasteiger partial charge in [-0.25, -0.2) is 0 Å². The highest BCUT2D eigenvalue weighted by molar-refractivity contribution is 5.95. The fraction of sp³-hybridized carbons (Fsp3) is 0.0800. The summed E-state index contributed by atoms with van der Waals surface area (Å²) >= 11 is 0. The second kappa shape index (κ2) is 8.77. The number of rotatable bonds is 6. The monoisotopic (exact) mass is 337 g/mol. The number of nitrogens with zero attached hydrogens (tertiary/aromatic N) is 1. The number of benzene rings is 3. The quantitative estimate of drug-likeness (QED) is 0.274. The smallest absolute Gasteiger partial charge is 0.0743 e. The zero-order valence-electron chi connectivity index (χ0n) is 15.1. The van der Waals surface area contributed by atoms with E-state index in [2.05, 4.69) is 74.2 Å². The van der Waals surface area contributed by atoms with Gasteiger partial charge in [0, 0.05) is 11.8 Å². The van der Waals surface area contributed by atoms with Crippen molar-refractivity contribution in [1.82, 2.24) is 0 Å². The summed E-state index contributed by atoms with van der Waals surface area (Å²) in [4.78, 5) is 4.90. The Labute approximate surface area is 156 Å². The van der Waals surface area contributed by atoms with Crippen LogP contribution in [0.3, 0.4) is 0 Å². The summed E-state index contributed by atoms with van der Waals surface area (Å²) in [6, 6.07) is 29.1. The Balaban J connectivity index is 2.12. The topological polar surface area (TPSA) is 12.4 Å². The molecule has 1 heteroatoms. The molecule has 0 aliphatic carbocycles. The second-order valence-corrected chi connectivity index (χ2v) is 6.22. The van der Waals surface area contributed by atoms with Gasteiger partial charge in [0.15, 0.2) is 0 Å². The van der Waals surface area contributed by atoms with E-state index in [4.69, 9.17) is 4.99 Å². The predicted octanol–water partition coefficient (Wildman–Crippen LogP) is 6.56. The van der Waals surface area contributed by atoms with Crippen molar-refractivity contribution in [2.24, 2.45) is 4.99 Å². The molecule has 0 aromatic heterocycles. The molecule has 0 unspecified atom stereocenters. The first-order chi connectivity index (χ1) is 12.8. The molecular formula is C25H23N. The summed E-state index contributed by atoms with van der Waals surface area (Å²) in [7, 11) is 0. The molecule has 0 radical (unpaired) electrons. The van der Waals surface area contributed by atoms with Gasteiger partial charge in [-0.1, -0.05) is 96.6 Å². The zero-order chi connectivity index (χ0) is 18.2. The maximum absolute atomic E-state index is 4.90. The van der Waals surface area contributed by atoms with Gasteiger partial charge < -0.3 is 0 Å². The van der Waals surface area contributed by atoms with Crippen LogP contribution in [0.2, 0.25) is 0 Å². The normalized spacial score (nSPS) is 12.0. The van der Waals surface area contributed by atoms with Crippen LogP contribution in [-0.2, 0) is 0 Å². The van der Waals surface area contributed by atoms with Crippen molar-refractivity contribution in [3.8, 4) is 0 Å². The van der Waals surface area contributed by atoms with Gasteiger partial charge >= 0.3 is 0 Å². The average molecular weight is 337 g/mol. The molecule has 0 aliphatic heterocycles. The third kappa shape index (κ3) is 4.46. The Morgan fingerprint density at radius 2 is 1.38 bits per heavy atom. The van der Waals surface area contributed by atoms with Gasteiger partial charge in [-0.05, 0) is 30.0 Å². The number of hydrogen-bond acceptors (Lipinski definition) is 1. The lowest BCUT2D eigenvalue weighted by Crippen LogP contribution is -1.92. The molecule has 0 aliphatic rings. The van der Waals surface area contributed by atoms with Crippen LogP contribution < -0.4 is 0 Å². The molecule has 3 aromatic carbocycles. The first-order valence-corrected chi connectivity index (χ1v) is 8.83. The minimum atomic E-state index is 0.763. The van der Waals surface area contributed by atoms with Crippen LogP contribution >= 0.6 is 0 Å². The molecule has 128 valence electrons. The van der Waals surface area contributed by atoms with E-state index in [0.717, 1.165) is 23.2 Å². The van der Waals surface area contributed by atoms with Gasteiger partial charge in [0.05, 0.1) is 5.70 Å². The van der Waals surface area contributed by atoms with Crippen LogP contribution in [0.4, 0.5) is 0 Å². The Hall–Kier alpha value is -3.19. The summed E-state index contributed by atoms with van der Waals surface area (Å²) in [5, 5.41) is 0. The Morgan fingerprint density at radius 1 is 0.808 bits per heavy atom. The van der Waals surface area contributed by atoms with Gasteiger partial charge in [-0.15, -0.1) is 6.58 Å².